The Morgan fingerprint density at radius 3 is 2.64 bits per heavy atom. The maximum Gasteiger partial charge on any atom is 0.416 e. The molecule has 0 aliphatic heterocycles. The van der Waals surface area contributed by atoms with Gasteiger partial charge in [-0.15, -0.1) is 0 Å². The summed E-state index contributed by atoms with van der Waals surface area (Å²) < 4.78 is 67.4. The van der Waals surface area contributed by atoms with Crippen molar-refractivity contribution in [3.63, 3.8) is 0 Å². The fourth-order valence-corrected chi connectivity index (χ4v) is 2.46. The Bertz CT molecular complexity index is 645. The molecular weight excluding hydrogens is 319 g/mol. The van der Waals surface area contributed by atoms with Crippen molar-refractivity contribution < 1.29 is 26.3 Å². The van der Waals surface area contributed by atoms with Gasteiger partial charge in [-0.3, -0.25) is 0 Å². The average Bonchev–Trinajstić information content (AvgIpc) is 2.42. The second-order valence-corrected chi connectivity index (χ2v) is 6.23. The first-order chi connectivity index (χ1) is 10.2. The summed E-state index contributed by atoms with van der Waals surface area (Å²) in [6.45, 7) is 1.55. The topological polar surface area (TPSA) is 55.4 Å². The third-order valence-corrected chi connectivity index (χ3v) is 3.98. The predicted octanol–water partition coefficient (Wildman–Crippen LogP) is 2.42. The number of alkyl halides is 3. The molecule has 1 rings (SSSR count). The van der Waals surface area contributed by atoms with E-state index in [0.29, 0.717) is 6.42 Å². The van der Waals surface area contributed by atoms with Gasteiger partial charge in [-0.05, 0) is 24.6 Å². The maximum absolute atomic E-state index is 12.5. The van der Waals surface area contributed by atoms with Crippen molar-refractivity contribution in [3.05, 3.63) is 29.8 Å². The number of ether oxygens (including phenoxy) is 1. The van der Waals surface area contributed by atoms with Crippen molar-refractivity contribution in [2.24, 2.45) is 0 Å². The van der Waals surface area contributed by atoms with Gasteiger partial charge in [0.25, 0.3) is 0 Å². The van der Waals surface area contributed by atoms with E-state index in [0.717, 1.165) is 12.1 Å². The molecule has 0 bridgehead atoms. The lowest BCUT2D eigenvalue weighted by molar-refractivity contribution is -0.137. The smallest absolute Gasteiger partial charge is 0.416 e. The van der Waals surface area contributed by atoms with Crippen LogP contribution in [-0.2, 0) is 16.2 Å². The molecule has 8 heteroatoms. The lowest BCUT2D eigenvalue weighted by Gasteiger charge is -2.08. The van der Waals surface area contributed by atoms with E-state index in [1.807, 2.05) is 0 Å². The van der Waals surface area contributed by atoms with E-state index >= 15 is 0 Å². The minimum Gasteiger partial charge on any atom is -0.481 e. The molecule has 1 N–H and O–H groups in total. The van der Waals surface area contributed by atoms with E-state index in [4.69, 9.17) is 4.74 Å². The fraction of sp³-hybridized carbons (Fsp3) is 0.429. The van der Waals surface area contributed by atoms with Crippen LogP contribution in [0.2, 0.25) is 0 Å². The van der Waals surface area contributed by atoms with Gasteiger partial charge in [-0.1, -0.05) is 24.8 Å². The summed E-state index contributed by atoms with van der Waals surface area (Å²) >= 11 is 0. The monoisotopic (exact) mass is 335 g/mol. The molecule has 0 aromatic heterocycles. The first-order valence-electron chi connectivity index (χ1n) is 6.48. The van der Waals surface area contributed by atoms with Crippen molar-refractivity contribution in [2.75, 3.05) is 18.9 Å². The van der Waals surface area contributed by atoms with Crippen molar-refractivity contribution in [2.45, 2.75) is 19.5 Å². The Balaban J connectivity index is 2.44. The van der Waals surface area contributed by atoms with Gasteiger partial charge in [0.2, 0.25) is 10.0 Å². The first kappa shape index (κ1) is 18.3. The van der Waals surface area contributed by atoms with Crippen LogP contribution < -0.4 is 9.46 Å². The Morgan fingerprint density at radius 1 is 1.27 bits per heavy atom. The number of hydrogen-bond acceptors (Lipinski definition) is 3. The maximum atomic E-state index is 12.5. The quantitative estimate of drug-likeness (QED) is 0.813. The summed E-state index contributed by atoms with van der Waals surface area (Å²) in [5.41, 5.74) is -0.801. The van der Waals surface area contributed by atoms with Crippen molar-refractivity contribution in [3.8, 4) is 17.6 Å². The normalized spacial score (nSPS) is 11.6. The Morgan fingerprint density at radius 2 is 2.00 bits per heavy atom. The summed E-state index contributed by atoms with van der Waals surface area (Å²) in [6, 6.07) is 4.46. The van der Waals surface area contributed by atoms with Crippen LogP contribution >= 0.6 is 0 Å². The van der Waals surface area contributed by atoms with E-state index in [-0.39, 0.29) is 24.7 Å². The largest absolute Gasteiger partial charge is 0.481 e. The van der Waals surface area contributed by atoms with Crippen LogP contribution in [0.4, 0.5) is 13.2 Å². The zero-order chi connectivity index (χ0) is 16.6. The van der Waals surface area contributed by atoms with Crippen molar-refractivity contribution >= 4 is 10.0 Å². The van der Waals surface area contributed by atoms with Crippen LogP contribution in [0.5, 0.6) is 5.75 Å². The standard InChI is InChI=1S/C14H16F3NO3S/c1-2-10-22(19,20)18-8-3-4-9-21-13-7-5-6-12(11-13)14(15,16)17/h5-7,11,18H,2,8-10H2,1H3. The summed E-state index contributed by atoms with van der Waals surface area (Å²) in [5.74, 6) is 5.13. The van der Waals surface area contributed by atoms with Gasteiger partial charge in [0.15, 0.2) is 0 Å². The van der Waals surface area contributed by atoms with Crippen molar-refractivity contribution in [1.82, 2.24) is 4.72 Å². The number of nitrogens with one attached hydrogen (secondary N) is 1. The van der Waals surface area contributed by atoms with Gasteiger partial charge in [-0.25, -0.2) is 13.1 Å². The van der Waals surface area contributed by atoms with Gasteiger partial charge in [0.1, 0.15) is 12.4 Å². The van der Waals surface area contributed by atoms with Gasteiger partial charge >= 0.3 is 6.18 Å². The molecule has 0 radical (unpaired) electrons. The Labute approximate surface area is 127 Å². The van der Waals surface area contributed by atoms with Crippen LogP contribution in [0, 0.1) is 11.8 Å². The predicted molar refractivity (Wildman–Crippen MR) is 76.8 cm³/mol. The molecule has 1 aromatic carbocycles. The van der Waals surface area contributed by atoms with Crippen LogP contribution in [0.25, 0.3) is 0 Å². The Hall–Kier alpha value is -1.72. The lowest BCUT2D eigenvalue weighted by Crippen LogP contribution is -2.26. The zero-order valence-electron chi connectivity index (χ0n) is 11.9. The number of sulfonamides is 1. The molecule has 22 heavy (non-hydrogen) atoms. The van der Waals surface area contributed by atoms with Gasteiger partial charge in [0, 0.05) is 0 Å². The van der Waals surface area contributed by atoms with Crippen molar-refractivity contribution in [1.29, 1.82) is 0 Å². The average molecular weight is 335 g/mol. The first-order valence-corrected chi connectivity index (χ1v) is 8.13. The SMILES string of the molecule is CCCS(=O)(=O)NCC#CCOc1cccc(C(F)(F)F)c1. The van der Waals surface area contributed by atoms with E-state index in [1.165, 1.54) is 12.1 Å². The highest BCUT2D eigenvalue weighted by atomic mass is 32.2. The number of halogens is 3. The van der Waals surface area contributed by atoms with E-state index in [2.05, 4.69) is 16.6 Å². The highest BCUT2D eigenvalue weighted by Crippen LogP contribution is 2.31. The number of hydrogen-bond donors (Lipinski definition) is 1. The van der Waals surface area contributed by atoms with E-state index in [1.54, 1.807) is 6.92 Å². The summed E-state index contributed by atoms with van der Waals surface area (Å²) in [4.78, 5) is 0. The molecule has 122 valence electrons. The lowest BCUT2D eigenvalue weighted by atomic mass is 10.2. The molecule has 0 aliphatic rings. The molecular formula is C14H16F3NO3S. The van der Waals surface area contributed by atoms with Gasteiger partial charge < -0.3 is 4.74 Å². The molecule has 1 aromatic rings. The van der Waals surface area contributed by atoms with Crippen LogP contribution in [0.15, 0.2) is 24.3 Å². The fourth-order valence-electron chi connectivity index (χ4n) is 1.48. The van der Waals surface area contributed by atoms with E-state index in [9.17, 15) is 21.6 Å². The Kier molecular flexibility index (Phi) is 6.71. The minimum atomic E-state index is -4.43. The molecule has 0 saturated carbocycles. The molecule has 0 fully saturated rings. The highest BCUT2D eigenvalue weighted by molar-refractivity contribution is 7.89. The van der Waals surface area contributed by atoms with E-state index < -0.39 is 21.8 Å². The highest BCUT2D eigenvalue weighted by Gasteiger charge is 2.30. The molecule has 0 spiro atoms. The molecule has 4 nitrogen and oxygen atoms in total. The molecule has 0 heterocycles. The third-order valence-electron chi connectivity index (χ3n) is 2.45. The number of benzene rings is 1. The molecule has 0 saturated heterocycles. The number of rotatable bonds is 6. The second-order valence-electron chi connectivity index (χ2n) is 4.31. The van der Waals surface area contributed by atoms with Crippen LogP contribution in [0.3, 0.4) is 0 Å². The minimum absolute atomic E-state index is 0.0232. The van der Waals surface area contributed by atoms with Crippen LogP contribution in [0.1, 0.15) is 18.9 Å². The van der Waals surface area contributed by atoms with Gasteiger partial charge in [0.05, 0.1) is 17.9 Å². The van der Waals surface area contributed by atoms with Crippen LogP contribution in [-0.4, -0.2) is 27.3 Å². The second kappa shape index (κ2) is 8.06. The molecule has 0 atom stereocenters. The summed E-state index contributed by atoms with van der Waals surface area (Å²) in [6.07, 6.45) is -3.93. The van der Waals surface area contributed by atoms with Gasteiger partial charge in [-0.2, -0.15) is 13.2 Å². The summed E-state index contributed by atoms with van der Waals surface area (Å²) in [5, 5.41) is 0. The zero-order valence-corrected chi connectivity index (χ0v) is 12.7. The molecule has 0 aliphatic carbocycles. The molecule has 0 unspecified atom stereocenters. The third kappa shape index (κ3) is 6.83. The molecule has 0 amide bonds. The summed E-state index contributed by atoms with van der Waals surface area (Å²) in [7, 11) is -3.31.